The van der Waals surface area contributed by atoms with Crippen molar-refractivity contribution < 1.29 is 4.74 Å². The second kappa shape index (κ2) is 7.25. The molecular weight excluding hydrogens is 338 g/mol. The van der Waals surface area contributed by atoms with Crippen LogP contribution in [0.25, 0.3) is 22.3 Å². The lowest BCUT2D eigenvalue weighted by atomic mass is 10.1. The number of para-hydroxylation sites is 3. The summed E-state index contributed by atoms with van der Waals surface area (Å²) in [6.07, 6.45) is 1.76. The van der Waals surface area contributed by atoms with E-state index in [0.29, 0.717) is 22.5 Å². The van der Waals surface area contributed by atoms with Crippen molar-refractivity contribution in [3.63, 3.8) is 0 Å². The number of ether oxygens (including phenoxy) is 1. The number of fused-ring (bicyclic) bond motifs is 1. The molecule has 0 amide bonds. The molecule has 1 N–H and O–H groups in total. The summed E-state index contributed by atoms with van der Waals surface area (Å²) in [5.74, 6) is 0.791. The number of methoxy groups -OCH3 is 1. The Labute approximate surface area is 156 Å². The Morgan fingerprint density at radius 3 is 2.52 bits per heavy atom. The highest BCUT2D eigenvalue weighted by Crippen LogP contribution is 2.27. The summed E-state index contributed by atoms with van der Waals surface area (Å²) in [6, 6.07) is 22.6. The SMILES string of the molecule is COc1ccc(C=Nc2ccccc2-c2nc3ccccc3[nH]c2=O)cc1. The van der Waals surface area contributed by atoms with Crippen LogP contribution in [0.15, 0.2) is 82.6 Å². The summed E-state index contributed by atoms with van der Waals surface area (Å²) in [4.78, 5) is 24.6. The van der Waals surface area contributed by atoms with Gasteiger partial charge in [0.15, 0.2) is 0 Å². The maximum absolute atomic E-state index is 12.5. The monoisotopic (exact) mass is 355 g/mol. The molecule has 0 saturated carbocycles. The topological polar surface area (TPSA) is 67.3 Å². The number of nitrogens with zero attached hydrogens (tertiary/aromatic N) is 2. The van der Waals surface area contributed by atoms with Crippen LogP contribution in [0.3, 0.4) is 0 Å². The molecule has 132 valence electrons. The second-order valence-electron chi connectivity index (χ2n) is 5.98. The van der Waals surface area contributed by atoms with Gasteiger partial charge in [0, 0.05) is 11.8 Å². The number of rotatable bonds is 4. The Morgan fingerprint density at radius 1 is 0.963 bits per heavy atom. The van der Waals surface area contributed by atoms with Crippen molar-refractivity contribution in [2.45, 2.75) is 0 Å². The first-order valence-corrected chi connectivity index (χ1v) is 8.51. The quantitative estimate of drug-likeness (QED) is 0.554. The third-order valence-electron chi connectivity index (χ3n) is 4.23. The summed E-state index contributed by atoms with van der Waals surface area (Å²) < 4.78 is 5.17. The van der Waals surface area contributed by atoms with Gasteiger partial charge in [-0.15, -0.1) is 0 Å². The van der Waals surface area contributed by atoms with Crippen LogP contribution in [0, 0.1) is 0 Å². The minimum Gasteiger partial charge on any atom is -0.497 e. The maximum atomic E-state index is 12.5. The average Bonchev–Trinajstić information content (AvgIpc) is 2.72. The summed E-state index contributed by atoms with van der Waals surface area (Å²) in [5.41, 5.74) is 3.88. The number of benzene rings is 3. The molecule has 3 aromatic carbocycles. The number of hydrogen-bond donors (Lipinski definition) is 1. The van der Waals surface area contributed by atoms with Crippen molar-refractivity contribution in [3.05, 3.63) is 88.7 Å². The number of hydrogen-bond acceptors (Lipinski definition) is 4. The Morgan fingerprint density at radius 2 is 1.70 bits per heavy atom. The van der Waals surface area contributed by atoms with Crippen molar-refractivity contribution in [2.24, 2.45) is 4.99 Å². The van der Waals surface area contributed by atoms with Crippen LogP contribution in [0.5, 0.6) is 5.75 Å². The number of nitrogens with one attached hydrogen (secondary N) is 1. The van der Waals surface area contributed by atoms with Gasteiger partial charge in [0.05, 0.1) is 23.8 Å². The molecule has 0 radical (unpaired) electrons. The summed E-state index contributed by atoms with van der Waals surface area (Å²) in [6.45, 7) is 0. The number of H-pyrrole nitrogens is 1. The summed E-state index contributed by atoms with van der Waals surface area (Å²) in [7, 11) is 1.63. The van der Waals surface area contributed by atoms with E-state index < -0.39 is 0 Å². The molecule has 0 saturated heterocycles. The molecule has 0 fully saturated rings. The Hall–Kier alpha value is -3.73. The van der Waals surface area contributed by atoms with Gasteiger partial charge in [-0.2, -0.15) is 0 Å². The van der Waals surface area contributed by atoms with Crippen molar-refractivity contribution in [2.75, 3.05) is 7.11 Å². The molecule has 0 aliphatic rings. The highest BCUT2D eigenvalue weighted by atomic mass is 16.5. The zero-order valence-corrected chi connectivity index (χ0v) is 14.7. The van der Waals surface area contributed by atoms with Gasteiger partial charge in [0.25, 0.3) is 5.56 Å². The van der Waals surface area contributed by atoms with Gasteiger partial charge in [-0.25, -0.2) is 4.98 Å². The van der Waals surface area contributed by atoms with E-state index in [-0.39, 0.29) is 5.56 Å². The highest BCUT2D eigenvalue weighted by Gasteiger charge is 2.11. The zero-order chi connectivity index (χ0) is 18.6. The van der Waals surface area contributed by atoms with Crippen LogP contribution < -0.4 is 10.3 Å². The summed E-state index contributed by atoms with van der Waals surface area (Å²) in [5, 5.41) is 0. The van der Waals surface area contributed by atoms with E-state index >= 15 is 0 Å². The number of aromatic amines is 1. The van der Waals surface area contributed by atoms with E-state index in [1.807, 2.05) is 72.8 Å². The molecule has 0 aliphatic heterocycles. The lowest BCUT2D eigenvalue weighted by Gasteiger charge is -2.06. The average molecular weight is 355 g/mol. The fraction of sp³-hybridized carbons (Fsp3) is 0.0455. The minimum atomic E-state index is -0.235. The maximum Gasteiger partial charge on any atom is 0.275 e. The fourth-order valence-corrected chi connectivity index (χ4v) is 2.83. The van der Waals surface area contributed by atoms with Gasteiger partial charge >= 0.3 is 0 Å². The zero-order valence-electron chi connectivity index (χ0n) is 14.7. The fourth-order valence-electron chi connectivity index (χ4n) is 2.83. The normalized spacial score (nSPS) is 11.1. The second-order valence-corrected chi connectivity index (χ2v) is 5.98. The minimum absolute atomic E-state index is 0.235. The third-order valence-corrected chi connectivity index (χ3v) is 4.23. The van der Waals surface area contributed by atoms with E-state index in [1.54, 1.807) is 13.3 Å². The van der Waals surface area contributed by atoms with E-state index in [4.69, 9.17) is 4.74 Å². The van der Waals surface area contributed by atoms with E-state index in [2.05, 4.69) is 15.0 Å². The molecule has 5 nitrogen and oxygen atoms in total. The predicted octanol–water partition coefficient (Wildman–Crippen LogP) is 4.35. The number of aromatic nitrogens is 2. The lowest BCUT2D eigenvalue weighted by Crippen LogP contribution is -2.11. The van der Waals surface area contributed by atoms with Crippen LogP contribution in [0.4, 0.5) is 5.69 Å². The van der Waals surface area contributed by atoms with Gasteiger partial charge < -0.3 is 9.72 Å². The Balaban J connectivity index is 1.76. The molecule has 1 aromatic heterocycles. The third kappa shape index (κ3) is 3.48. The highest BCUT2D eigenvalue weighted by molar-refractivity contribution is 5.86. The van der Waals surface area contributed by atoms with Crippen LogP contribution in [-0.2, 0) is 0 Å². The molecule has 1 heterocycles. The Kier molecular flexibility index (Phi) is 4.49. The van der Waals surface area contributed by atoms with Crippen molar-refractivity contribution >= 4 is 22.9 Å². The molecule has 4 rings (SSSR count). The smallest absolute Gasteiger partial charge is 0.275 e. The predicted molar refractivity (Wildman–Crippen MR) is 108 cm³/mol. The largest absolute Gasteiger partial charge is 0.497 e. The molecular formula is C22H17N3O2. The van der Waals surface area contributed by atoms with Gasteiger partial charge in [0.2, 0.25) is 0 Å². The molecule has 27 heavy (non-hydrogen) atoms. The van der Waals surface area contributed by atoms with Gasteiger partial charge in [-0.3, -0.25) is 9.79 Å². The Bertz CT molecular complexity index is 1180. The van der Waals surface area contributed by atoms with Gasteiger partial charge in [0.1, 0.15) is 11.4 Å². The van der Waals surface area contributed by atoms with Crippen molar-refractivity contribution in [1.82, 2.24) is 9.97 Å². The van der Waals surface area contributed by atoms with Crippen LogP contribution in [0.2, 0.25) is 0 Å². The van der Waals surface area contributed by atoms with E-state index in [9.17, 15) is 4.79 Å². The molecule has 0 spiro atoms. The molecule has 5 heteroatoms. The first-order valence-electron chi connectivity index (χ1n) is 8.51. The van der Waals surface area contributed by atoms with E-state index in [0.717, 1.165) is 16.8 Å². The first-order chi connectivity index (χ1) is 13.2. The first kappa shape index (κ1) is 16.7. The molecule has 0 bridgehead atoms. The number of aliphatic imine (C=N–C) groups is 1. The molecule has 0 unspecified atom stereocenters. The van der Waals surface area contributed by atoms with Crippen molar-refractivity contribution in [3.8, 4) is 17.0 Å². The van der Waals surface area contributed by atoms with Crippen LogP contribution >= 0.6 is 0 Å². The molecule has 0 atom stereocenters. The molecule has 4 aromatic rings. The van der Waals surface area contributed by atoms with Gasteiger partial charge in [-0.1, -0.05) is 30.3 Å². The standard InChI is InChI=1S/C22H17N3O2/c1-27-16-12-10-15(11-13-16)14-23-18-7-3-2-6-17(18)21-22(26)25-20-9-5-4-8-19(20)24-21/h2-14H,1H3,(H,25,26). The lowest BCUT2D eigenvalue weighted by molar-refractivity contribution is 0.415. The van der Waals surface area contributed by atoms with E-state index in [1.165, 1.54) is 0 Å². The van der Waals surface area contributed by atoms with Crippen LogP contribution in [0.1, 0.15) is 5.56 Å². The van der Waals surface area contributed by atoms with Gasteiger partial charge in [-0.05, 0) is 48.0 Å². The summed E-state index contributed by atoms with van der Waals surface area (Å²) >= 11 is 0. The molecule has 0 aliphatic carbocycles. The van der Waals surface area contributed by atoms with Crippen molar-refractivity contribution in [1.29, 1.82) is 0 Å². The van der Waals surface area contributed by atoms with Crippen LogP contribution in [-0.4, -0.2) is 23.3 Å².